The van der Waals surface area contributed by atoms with Gasteiger partial charge in [-0.2, -0.15) is 0 Å². The Morgan fingerprint density at radius 2 is 1.76 bits per heavy atom. The van der Waals surface area contributed by atoms with Crippen molar-refractivity contribution in [1.29, 1.82) is 5.41 Å². The van der Waals surface area contributed by atoms with E-state index in [1.54, 1.807) is 6.07 Å². The molecule has 0 aromatic heterocycles. The van der Waals surface area contributed by atoms with E-state index < -0.39 is 5.92 Å². The summed E-state index contributed by atoms with van der Waals surface area (Å²) >= 11 is 0. The third kappa shape index (κ3) is 5.47. The molecule has 1 unspecified atom stereocenters. The summed E-state index contributed by atoms with van der Waals surface area (Å²) in [6.45, 7) is 0.736. The van der Waals surface area contributed by atoms with Gasteiger partial charge in [0, 0.05) is 29.9 Å². The summed E-state index contributed by atoms with van der Waals surface area (Å²) in [5.41, 5.74) is 9.68. The molecule has 0 bridgehead atoms. The predicted molar refractivity (Wildman–Crippen MR) is 132 cm³/mol. The van der Waals surface area contributed by atoms with Gasteiger partial charge in [-0.1, -0.05) is 48.5 Å². The molecule has 1 saturated heterocycles. The first-order chi connectivity index (χ1) is 16.0. The van der Waals surface area contributed by atoms with Gasteiger partial charge in [-0.3, -0.25) is 15.0 Å². The molecule has 33 heavy (non-hydrogen) atoms. The molecule has 1 aliphatic heterocycles. The fourth-order valence-corrected chi connectivity index (χ4v) is 4.18. The van der Waals surface area contributed by atoms with E-state index in [1.807, 2.05) is 77.7 Å². The van der Waals surface area contributed by atoms with Crippen LogP contribution in [0.15, 0.2) is 78.9 Å². The van der Waals surface area contributed by atoms with E-state index in [0.29, 0.717) is 24.1 Å². The number of nitrogens with zero attached hydrogens (tertiary/aromatic N) is 1. The van der Waals surface area contributed by atoms with Crippen LogP contribution in [0.25, 0.3) is 0 Å². The predicted octanol–water partition coefficient (Wildman–Crippen LogP) is 4.45. The van der Waals surface area contributed by atoms with E-state index in [4.69, 9.17) is 11.1 Å². The number of hydrogen-bond acceptors (Lipinski definition) is 3. The second-order valence-corrected chi connectivity index (χ2v) is 8.32. The molecule has 0 saturated carbocycles. The minimum absolute atomic E-state index is 0.00448. The van der Waals surface area contributed by atoms with Crippen LogP contribution in [0, 0.1) is 5.41 Å². The fraction of sp³-hybridized carbons (Fsp3) is 0.222. The summed E-state index contributed by atoms with van der Waals surface area (Å²) < 4.78 is 0. The minimum atomic E-state index is -0.406. The largest absolute Gasteiger partial charge is 0.384 e. The van der Waals surface area contributed by atoms with Crippen LogP contribution in [0.2, 0.25) is 0 Å². The maximum Gasteiger partial charge on any atom is 0.232 e. The van der Waals surface area contributed by atoms with Crippen LogP contribution in [0.5, 0.6) is 0 Å². The minimum Gasteiger partial charge on any atom is -0.384 e. The van der Waals surface area contributed by atoms with Gasteiger partial charge in [-0.05, 0) is 60.7 Å². The maximum absolute atomic E-state index is 13.3. The molecule has 4 rings (SSSR count). The van der Waals surface area contributed by atoms with Gasteiger partial charge in [0.2, 0.25) is 11.8 Å². The number of piperidine rings is 1. The Balaban J connectivity index is 1.52. The van der Waals surface area contributed by atoms with E-state index in [-0.39, 0.29) is 17.6 Å². The topological polar surface area (TPSA) is 99.3 Å². The lowest BCUT2D eigenvalue weighted by Crippen LogP contribution is -2.35. The van der Waals surface area contributed by atoms with Crippen molar-refractivity contribution in [2.45, 2.75) is 31.6 Å². The highest BCUT2D eigenvalue weighted by Crippen LogP contribution is 2.26. The standard InChI is InChI=1S/C27H28N4O2/c28-26(29)21-10-6-7-19(17-21)18-24(20-8-2-1-3-9-20)27(33)30-22-12-14-23(15-13-22)31-16-5-4-11-25(31)32/h1-3,6-10,12-15,17,24H,4-5,11,16,18H2,(H3,28,29)(H,30,33). The lowest BCUT2D eigenvalue weighted by Gasteiger charge is -2.27. The second-order valence-electron chi connectivity index (χ2n) is 8.32. The Morgan fingerprint density at radius 3 is 2.45 bits per heavy atom. The van der Waals surface area contributed by atoms with Gasteiger partial charge in [0.25, 0.3) is 0 Å². The monoisotopic (exact) mass is 440 g/mol. The normalized spacial score (nSPS) is 14.5. The first-order valence-corrected chi connectivity index (χ1v) is 11.2. The molecule has 6 nitrogen and oxygen atoms in total. The van der Waals surface area contributed by atoms with Gasteiger partial charge in [0.05, 0.1) is 5.92 Å². The smallest absolute Gasteiger partial charge is 0.232 e. The van der Waals surface area contributed by atoms with Gasteiger partial charge in [0.15, 0.2) is 0 Å². The van der Waals surface area contributed by atoms with Crippen LogP contribution >= 0.6 is 0 Å². The lowest BCUT2D eigenvalue weighted by molar-refractivity contribution is -0.119. The number of carbonyl (C=O) groups excluding carboxylic acids is 2. The number of hydrogen-bond donors (Lipinski definition) is 3. The molecule has 0 aliphatic carbocycles. The summed E-state index contributed by atoms with van der Waals surface area (Å²) in [7, 11) is 0. The molecular weight excluding hydrogens is 412 g/mol. The van der Waals surface area contributed by atoms with E-state index in [9.17, 15) is 9.59 Å². The highest BCUT2D eigenvalue weighted by Gasteiger charge is 2.23. The zero-order chi connectivity index (χ0) is 23.2. The number of amides is 2. The molecule has 2 amide bonds. The first kappa shape index (κ1) is 22.3. The molecule has 168 valence electrons. The van der Waals surface area contributed by atoms with Crippen LogP contribution < -0.4 is 16.0 Å². The number of amidine groups is 1. The summed E-state index contributed by atoms with van der Waals surface area (Å²) in [5.74, 6) is -0.368. The number of rotatable bonds is 7. The third-order valence-corrected chi connectivity index (χ3v) is 5.97. The van der Waals surface area contributed by atoms with E-state index in [0.717, 1.165) is 36.2 Å². The lowest BCUT2D eigenvalue weighted by atomic mass is 9.90. The van der Waals surface area contributed by atoms with Gasteiger partial charge < -0.3 is 16.0 Å². The molecule has 3 aromatic carbocycles. The quantitative estimate of drug-likeness (QED) is 0.374. The Kier molecular flexibility index (Phi) is 6.83. The Hall–Kier alpha value is -3.93. The Morgan fingerprint density at radius 1 is 1.00 bits per heavy atom. The van der Waals surface area contributed by atoms with Crippen LogP contribution in [-0.2, 0) is 16.0 Å². The molecule has 1 aliphatic rings. The second kappa shape index (κ2) is 10.1. The molecule has 3 aromatic rings. The van der Waals surface area contributed by atoms with Gasteiger partial charge in [-0.25, -0.2) is 0 Å². The molecule has 1 heterocycles. The SMILES string of the molecule is N=C(N)c1cccc(CC(C(=O)Nc2ccc(N3CCCCC3=O)cc2)c2ccccc2)c1. The summed E-state index contributed by atoms with van der Waals surface area (Å²) in [4.78, 5) is 27.3. The summed E-state index contributed by atoms with van der Waals surface area (Å²) in [6.07, 6.45) is 3.02. The van der Waals surface area contributed by atoms with E-state index in [1.165, 1.54) is 0 Å². The average molecular weight is 441 g/mol. The molecule has 4 N–H and O–H groups in total. The van der Waals surface area contributed by atoms with Gasteiger partial charge in [-0.15, -0.1) is 0 Å². The average Bonchev–Trinajstić information content (AvgIpc) is 2.84. The summed E-state index contributed by atoms with van der Waals surface area (Å²) in [6, 6.07) is 24.6. The zero-order valence-corrected chi connectivity index (χ0v) is 18.5. The molecule has 1 atom stereocenters. The van der Waals surface area contributed by atoms with Crippen molar-refractivity contribution in [1.82, 2.24) is 0 Å². The van der Waals surface area contributed by atoms with Gasteiger partial charge in [0.1, 0.15) is 5.84 Å². The van der Waals surface area contributed by atoms with Crippen LogP contribution in [-0.4, -0.2) is 24.2 Å². The zero-order valence-electron chi connectivity index (χ0n) is 18.5. The van der Waals surface area contributed by atoms with Crippen LogP contribution in [0.4, 0.5) is 11.4 Å². The van der Waals surface area contributed by atoms with Crippen molar-refractivity contribution in [3.05, 3.63) is 95.6 Å². The van der Waals surface area contributed by atoms with Gasteiger partial charge >= 0.3 is 0 Å². The Labute approximate surface area is 193 Å². The van der Waals surface area contributed by atoms with Crippen molar-refractivity contribution < 1.29 is 9.59 Å². The van der Waals surface area contributed by atoms with E-state index in [2.05, 4.69) is 5.32 Å². The number of nitrogens with two attached hydrogens (primary N) is 1. The van der Waals surface area contributed by atoms with Crippen LogP contribution in [0.1, 0.15) is 41.9 Å². The fourth-order valence-electron chi connectivity index (χ4n) is 4.18. The highest BCUT2D eigenvalue weighted by atomic mass is 16.2. The van der Waals surface area contributed by atoms with Crippen molar-refractivity contribution in [2.75, 3.05) is 16.8 Å². The molecule has 0 spiro atoms. The van der Waals surface area contributed by atoms with Crippen molar-refractivity contribution in [3.8, 4) is 0 Å². The van der Waals surface area contributed by atoms with Crippen molar-refractivity contribution >= 4 is 29.0 Å². The molecule has 6 heteroatoms. The van der Waals surface area contributed by atoms with Crippen LogP contribution in [0.3, 0.4) is 0 Å². The molecule has 1 fully saturated rings. The summed E-state index contributed by atoms with van der Waals surface area (Å²) in [5, 5.41) is 10.7. The third-order valence-electron chi connectivity index (χ3n) is 5.97. The van der Waals surface area contributed by atoms with Crippen molar-refractivity contribution in [3.63, 3.8) is 0 Å². The Bertz CT molecular complexity index is 1140. The van der Waals surface area contributed by atoms with Crippen molar-refractivity contribution in [2.24, 2.45) is 5.73 Å². The number of benzene rings is 3. The van der Waals surface area contributed by atoms with E-state index >= 15 is 0 Å². The number of anilines is 2. The number of nitrogens with one attached hydrogen (secondary N) is 2. The maximum atomic E-state index is 13.3. The molecule has 0 radical (unpaired) electrons. The highest BCUT2D eigenvalue weighted by molar-refractivity contribution is 5.98. The number of nitrogen functional groups attached to an aromatic ring is 1. The first-order valence-electron chi connectivity index (χ1n) is 11.2. The molecular formula is C27H28N4O2. The number of carbonyl (C=O) groups is 2.